The first-order valence-electron chi connectivity index (χ1n) is 7.13. The van der Waals surface area contributed by atoms with Crippen molar-refractivity contribution in [3.8, 4) is 11.3 Å². The number of anilines is 1. The van der Waals surface area contributed by atoms with Gasteiger partial charge in [-0.05, 0) is 29.8 Å². The van der Waals surface area contributed by atoms with Gasteiger partial charge in [0, 0.05) is 34.5 Å². The van der Waals surface area contributed by atoms with Crippen molar-refractivity contribution < 1.29 is 0 Å². The van der Waals surface area contributed by atoms with Gasteiger partial charge in [0.05, 0.1) is 11.9 Å². The van der Waals surface area contributed by atoms with E-state index in [1.54, 1.807) is 23.0 Å². The molecule has 5 nitrogen and oxygen atoms in total. The molecule has 0 atom stereocenters. The standard InChI is InChI=1S/C16H11Cl2N5S/c17-12-4-3-10(13(18)6-12)8-20-15-22-23-9-14(21-16(23)24-15)11-2-1-5-19-7-11/h1-7,9H,8H2,(H,20,22). The van der Waals surface area contributed by atoms with Crippen LogP contribution in [0.4, 0.5) is 5.13 Å². The van der Waals surface area contributed by atoms with Crippen LogP contribution in [0.3, 0.4) is 0 Å². The van der Waals surface area contributed by atoms with Crippen molar-refractivity contribution in [3.05, 3.63) is 64.5 Å². The fourth-order valence-corrected chi connectivity index (χ4v) is 3.51. The van der Waals surface area contributed by atoms with Crippen molar-refractivity contribution in [3.63, 3.8) is 0 Å². The highest BCUT2D eigenvalue weighted by atomic mass is 35.5. The summed E-state index contributed by atoms with van der Waals surface area (Å²) in [6.45, 7) is 0.572. The lowest BCUT2D eigenvalue weighted by atomic mass is 10.2. The lowest BCUT2D eigenvalue weighted by molar-refractivity contribution is 0.962. The predicted octanol–water partition coefficient (Wildman–Crippen LogP) is 4.77. The summed E-state index contributed by atoms with van der Waals surface area (Å²) in [6.07, 6.45) is 5.42. The molecule has 0 amide bonds. The third-order valence-corrected chi connectivity index (χ3v) is 4.91. The van der Waals surface area contributed by atoms with E-state index in [0.29, 0.717) is 16.6 Å². The summed E-state index contributed by atoms with van der Waals surface area (Å²) in [4.78, 5) is 9.51. The Hall–Kier alpha value is -2.15. The van der Waals surface area contributed by atoms with Crippen LogP contribution >= 0.6 is 34.5 Å². The molecule has 0 saturated heterocycles. The van der Waals surface area contributed by atoms with Crippen LogP contribution in [0.5, 0.6) is 0 Å². The van der Waals surface area contributed by atoms with Gasteiger partial charge in [-0.2, -0.15) is 0 Å². The van der Waals surface area contributed by atoms with Crippen LogP contribution in [-0.4, -0.2) is 19.6 Å². The molecule has 4 rings (SSSR count). The second kappa shape index (κ2) is 6.39. The zero-order chi connectivity index (χ0) is 16.5. The summed E-state index contributed by atoms with van der Waals surface area (Å²) in [6, 6.07) is 9.31. The second-order valence-corrected chi connectivity index (χ2v) is 6.89. The van der Waals surface area contributed by atoms with Crippen LogP contribution in [0.1, 0.15) is 5.56 Å². The predicted molar refractivity (Wildman–Crippen MR) is 97.9 cm³/mol. The fraction of sp³-hybridized carbons (Fsp3) is 0.0625. The normalized spacial score (nSPS) is 11.1. The number of nitrogens with one attached hydrogen (secondary N) is 1. The Bertz CT molecular complexity index is 965. The zero-order valence-electron chi connectivity index (χ0n) is 12.3. The number of fused-ring (bicyclic) bond motifs is 1. The number of aromatic nitrogens is 4. The van der Waals surface area contributed by atoms with E-state index in [-0.39, 0.29) is 0 Å². The summed E-state index contributed by atoms with van der Waals surface area (Å²) in [5.74, 6) is 0. The van der Waals surface area contributed by atoms with Gasteiger partial charge in [-0.1, -0.05) is 40.6 Å². The number of pyridine rings is 1. The van der Waals surface area contributed by atoms with E-state index < -0.39 is 0 Å². The molecule has 0 aliphatic rings. The van der Waals surface area contributed by atoms with Gasteiger partial charge >= 0.3 is 0 Å². The molecule has 0 spiro atoms. The Morgan fingerprint density at radius 1 is 1.21 bits per heavy atom. The molecule has 0 aliphatic heterocycles. The van der Waals surface area contributed by atoms with Crippen LogP contribution in [0.2, 0.25) is 10.0 Å². The molecule has 8 heteroatoms. The van der Waals surface area contributed by atoms with Crippen molar-refractivity contribution in [2.75, 3.05) is 5.32 Å². The highest BCUT2D eigenvalue weighted by Crippen LogP contribution is 2.26. The third-order valence-electron chi connectivity index (χ3n) is 3.45. The van der Waals surface area contributed by atoms with Gasteiger partial charge in [-0.15, -0.1) is 5.10 Å². The maximum Gasteiger partial charge on any atom is 0.214 e. The van der Waals surface area contributed by atoms with Gasteiger partial charge in [0.2, 0.25) is 10.1 Å². The molecule has 3 aromatic heterocycles. The lowest BCUT2D eigenvalue weighted by Gasteiger charge is -2.05. The summed E-state index contributed by atoms with van der Waals surface area (Å²) in [5.41, 5.74) is 2.79. The quantitative estimate of drug-likeness (QED) is 0.557. The molecular formula is C16H11Cl2N5S. The number of benzene rings is 1. The molecule has 0 fully saturated rings. The van der Waals surface area contributed by atoms with E-state index in [4.69, 9.17) is 23.2 Å². The van der Waals surface area contributed by atoms with Gasteiger partial charge in [0.1, 0.15) is 0 Å². The van der Waals surface area contributed by atoms with Crippen LogP contribution in [-0.2, 0) is 6.54 Å². The average molecular weight is 376 g/mol. The first kappa shape index (κ1) is 15.4. The van der Waals surface area contributed by atoms with Gasteiger partial charge in [-0.25, -0.2) is 9.50 Å². The summed E-state index contributed by atoms with van der Waals surface area (Å²) in [7, 11) is 0. The summed E-state index contributed by atoms with van der Waals surface area (Å²) in [5, 5.41) is 9.79. The lowest BCUT2D eigenvalue weighted by Crippen LogP contribution is -2.00. The SMILES string of the molecule is Clc1ccc(CNc2nn3cc(-c4cccnc4)nc3s2)c(Cl)c1. The minimum absolute atomic E-state index is 0.572. The van der Waals surface area contributed by atoms with E-state index in [1.165, 1.54) is 11.3 Å². The molecule has 0 unspecified atom stereocenters. The Labute approximate surface area is 151 Å². The Kier molecular flexibility index (Phi) is 4.10. The summed E-state index contributed by atoms with van der Waals surface area (Å²) >= 11 is 13.6. The maximum absolute atomic E-state index is 6.18. The molecule has 0 bridgehead atoms. The van der Waals surface area contributed by atoms with E-state index in [2.05, 4.69) is 20.4 Å². The van der Waals surface area contributed by atoms with Crippen molar-refractivity contribution in [2.24, 2.45) is 0 Å². The molecule has 0 saturated carbocycles. The molecule has 1 aromatic carbocycles. The Morgan fingerprint density at radius 2 is 2.12 bits per heavy atom. The largest absolute Gasteiger partial charge is 0.356 e. The van der Waals surface area contributed by atoms with Crippen molar-refractivity contribution in [2.45, 2.75) is 6.54 Å². The average Bonchev–Trinajstić information content (AvgIpc) is 3.13. The van der Waals surface area contributed by atoms with Crippen LogP contribution in [0, 0.1) is 0 Å². The molecule has 0 aliphatic carbocycles. The Morgan fingerprint density at radius 3 is 2.88 bits per heavy atom. The molecular weight excluding hydrogens is 365 g/mol. The molecule has 1 N–H and O–H groups in total. The van der Waals surface area contributed by atoms with Crippen molar-refractivity contribution in [1.82, 2.24) is 19.6 Å². The first-order valence-corrected chi connectivity index (χ1v) is 8.71. The van der Waals surface area contributed by atoms with Gasteiger partial charge in [0.15, 0.2) is 0 Å². The first-order chi connectivity index (χ1) is 11.7. The number of hydrogen-bond donors (Lipinski definition) is 1. The molecule has 24 heavy (non-hydrogen) atoms. The van der Waals surface area contributed by atoms with Crippen molar-refractivity contribution >= 4 is 44.6 Å². The van der Waals surface area contributed by atoms with Gasteiger partial charge < -0.3 is 5.32 Å². The number of imidazole rings is 1. The highest BCUT2D eigenvalue weighted by molar-refractivity contribution is 7.20. The fourth-order valence-electron chi connectivity index (χ4n) is 2.26. The number of halogens is 2. The zero-order valence-corrected chi connectivity index (χ0v) is 14.6. The second-order valence-electron chi connectivity index (χ2n) is 5.09. The van der Waals surface area contributed by atoms with Crippen LogP contribution in [0.25, 0.3) is 16.2 Å². The Balaban J connectivity index is 1.52. The molecule has 0 radical (unpaired) electrons. The number of nitrogens with zero attached hydrogens (tertiary/aromatic N) is 4. The van der Waals surface area contributed by atoms with Crippen molar-refractivity contribution in [1.29, 1.82) is 0 Å². The van der Waals surface area contributed by atoms with Crippen LogP contribution < -0.4 is 5.32 Å². The number of rotatable bonds is 4. The molecule has 3 heterocycles. The topological polar surface area (TPSA) is 55.1 Å². The molecule has 4 aromatic rings. The van der Waals surface area contributed by atoms with Crippen LogP contribution in [0.15, 0.2) is 48.9 Å². The number of hydrogen-bond acceptors (Lipinski definition) is 5. The third kappa shape index (κ3) is 3.08. The molecule has 120 valence electrons. The van der Waals surface area contributed by atoms with Gasteiger partial charge in [0.25, 0.3) is 0 Å². The van der Waals surface area contributed by atoms with E-state index in [9.17, 15) is 0 Å². The summed E-state index contributed by atoms with van der Waals surface area (Å²) < 4.78 is 1.76. The highest BCUT2D eigenvalue weighted by Gasteiger charge is 2.10. The van der Waals surface area contributed by atoms with E-state index in [1.807, 2.05) is 30.5 Å². The van der Waals surface area contributed by atoms with E-state index >= 15 is 0 Å². The maximum atomic E-state index is 6.18. The monoisotopic (exact) mass is 375 g/mol. The smallest absolute Gasteiger partial charge is 0.214 e. The van der Waals surface area contributed by atoms with Gasteiger partial charge in [-0.3, -0.25) is 4.98 Å². The minimum Gasteiger partial charge on any atom is -0.356 e. The minimum atomic E-state index is 0.572. The van der Waals surface area contributed by atoms with E-state index in [0.717, 1.165) is 26.9 Å².